The number of carbonyl (C=O) groups excluding carboxylic acids is 1. The molecule has 0 fully saturated rings. The standard InChI is InChI=1S/C20H24N2O2/c1-14(17-9-5-7-11-19(17)24-3)21-15(2)20(23)22-13-12-16-8-4-6-10-18(16)22/h4-11,14-15,21H,12-13H2,1-3H3/t14-,15+/m1/s1. The first-order chi connectivity index (χ1) is 11.6. The Morgan fingerprint density at radius 2 is 1.83 bits per heavy atom. The Bertz CT molecular complexity index is 729. The van der Waals surface area contributed by atoms with E-state index in [1.807, 2.05) is 54.3 Å². The number of ether oxygens (including phenoxy) is 1. The van der Waals surface area contributed by atoms with Crippen molar-refractivity contribution in [3.63, 3.8) is 0 Å². The van der Waals surface area contributed by atoms with Crippen LogP contribution in [0.5, 0.6) is 5.75 Å². The van der Waals surface area contributed by atoms with Gasteiger partial charge in [0.15, 0.2) is 0 Å². The highest BCUT2D eigenvalue weighted by Gasteiger charge is 2.28. The van der Waals surface area contributed by atoms with Gasteiger partial charge in [-0.2, -0.15) is 0 Å². The van der Waals surface area contributed by atoms with Crippen LogP contribution in [0.2, 0.25) is 0 Å². The number of para-hydroxylation sites is 2. The van der Waals surface area contributed by atoms with Crippen molar-refractivity contribution in [1.29, 1.82) is 0 Å². The number of nitrogens with one attached hydrogen (secondary N) is 1. The van der Waals surface area contributed by atoms with E-state index in [0.717, 1.165) is 30.0 Å². The molecule has 1 aliphatic rings. The topological polar surface area (TPSA) is 41.6 Å². The third-order valence-corrected chi connectivity index (χ3v) is 4.63. The van der Waals surface area contributed by atoms with Crippen molar-refractivity contribution in [2.24, 2.45) is 0 Å². The van der Waals surface area contributed by atoms with Crippen molar-refractivity contribution >= 4 is 11.6 Å². The Hall–Kier alpha value is -2.33. The van der Waals surface area contributed by atoms with Gasteiger partial charge in [0.05, 0.1) is 13.2 Å². The number of hydrogen-bond donors (Lipinski definition) is 1. The third-order valence-electron chi connectivity index (χ3n) is 4.63. The maximum absolute atomic E-state index is 12.9. The molecule has 0 saturated heterocycles. The molecule has 2 atom stereocenters. The van der Waals surface area contributed by atoms with Gasteiger partial charge in [0.25, 0.3) is 0 Å². The second-order valence-electron chi connectivity index (χ2n) is 6.22. The largest absolute Gasteiger partial charge is 0.496 e. The van der Waals surface area contributed by atoms with E-state index in [4.69, 9.17) is 4.74 Å². The maximum atomic E-state index is 12.9. The molecule has 1 N–H and O–H groups in total. The number of hydrogen-bond acceptors (Lipinski definition) is 3. The van der Waals surface area contributed by atoms with Crippen LogP contribution in [0.3, 0.4) is 0 Å². The maximum Gasteiger partial charge on any atom is 0.243 e. The molecule has 1 amide bonds. The first-order valence-corrected chi connectivity index (χ1v) is 8.40. The molecular weight excluding hydrogens is 300 g/mol. The minimum absolute atomic E-state index is 0.0259. The first-order valence-electron chi connectivity index (χ1n) is 8.40. The Labute approximate surface area is 143 Å². The molecule has 2 aromatic carbocycles. The van der Waals surface area contributed by atoms with Gasteiger partial charge in [-0.1, -0.05) is 36.4 Å². The molecular formula is C20H24N2O2. The lowest BCUT2D eigenvalue weighted by Crippen LogP contribution is -2.45. The van der Waals surface area contributed by atoms with E-state index in [1.165, 1.54) is 5.56 Å². The number of amides is 1. The van der Waals surface area contributed by atoms with Crippen LogP contribution in [-0.4, -0.2) is 25.6 Å². The number of carbonyl (C=O) groups is 1. The molecule has 0 saturated carbocycles. The second kappa shape index (κ2) is 7.05. The van der Waals surface area contributed by atoms with Crippen molar-refractivity contribution in [2.75, 3.05) is 18.6 Å². The van der Waals surface area contributed by atoms with Crippen LogP contribution in [0.25, 0.3) is 0 Å². The number of anilines is 1. The van der Waals surface area contributed by atoms with Crippen molar-refractivity contribution in [3.8, 4) is 5.75 Å². The number of benzene rings is 2. The molecule has 24 heavy (non-hydrogen) atoms. The summed E-state index contributed by atoms with van der Waals surface area (Å²) in [6.07, 6.45) is 0.927. The Kier molecular flexibility index (Phi) is 4.86. The molecule has 3 rings (SSSR count). The molecule has 1 aliphatic heterocycles. The number of fused-ring (bicyclic) bond motifs is 1. The summed E-state index contributed by atoms with van der Waals surface area (Å²) in [7, 11) is 1.67. The van der Waals surface area contributed by atoms with Gasteiger partial charge in [0, 0.05) is 23.8 Å². The summed E-state index contributed by atoms with van der Waals surface area (Å²) in [5.41, 5.74) is 3.35. The summed E-state index contributed by atoms with van der Waals surface area (Å²) in [5.74, 6) is 0.949. The normalized spacial score (nSPS) is 15.7. The first kappa shape index (κ1) is 16.5. The fraction of sp³-hybridized carbons (Fsp3) is 0.350. The van der Waals surface area contributed by atoms with E-state index in [-0.39, 0.29) is 18.0 Å². The Morgan fingerprint density at radius 3 is 2.62 bits per heavy atom. The SMILES string of the molecule is COc1ccccc1[C@@H](C)N[C@@H](C)C(=O)N1CCc2ccccc21. The van der Waals surface area contributed by atoms with Crippen LogP contribution < -0.4 is 15.0 Å². The third kappa shape index (κ3) is 3.15. The molecule has 0 bridgehead atoms. The van der Waals surface area contributed by atoms with Gasteiger partial charge >= 0.3 is 0 Å². The van der Waals surface area contributed by atoms with E-state index >= 15 is 0 Å². The lowest BCUT2D eigenvalue weighted by atomic mass is 10.1. The van der Waals surface area contributed by atoms with Crippen LogP contribution in [0.1, 0.15) is 31.0 Å². The van der Waals surface area contributed by atoms with Gasteiger partial charge in [-0.15, -0.1) is 0 Å². The lowest BCUT2D eigenvalue weighted by molar-refractivity contribution is -0.120. The molecule has 0 aliphatic carbocycles. The van der Waals surface area contributed by atoms with Crippen LogP contribution in [-0.2, 0) is 11.2 Å². The zero-order valence-electron chi connectivity index (χ0n) is 14.5. The van der Waals surface area contributed by atoms with Crippen molar-refractivity contribution in [3.05, 3.63) is 59.7 Å². The number of nitrogens with zero attached hydrogens (tertiary/aromatic N) is 1. The summed E-state index contributed by atoms with van der Waals surface area (Å²) in [4.78, 5) is 14.8. The minimum Gasteiger partial charge on any atom is -0.496 e. The van der Waals surface area contributed by atoms with Crippen molar-refractivity contribution < 1.29 is 9.53 Å². The average Bonchev–Trinajstić information content (AvgIpc) is 3.04. The zero-order chi connectivity index (χ0) is 17.1. The molecule has 0 aromatic heterocycles. The van der Waals surface area contributed by atoms with Crippen molar-refractivity contribution in [2.45, 2.75) is 32.4 Å². The van der Waals surface area contributed by atoms with Crippen LogP contribution >= 0.6 is 0 Å². The van der Waals surface area contributed by atoms with E-state index in [1.54, 1.807) is 7.11 Å². The van der Waals surface area contributed by atoms with E-state index in [2.05, 4.69) is 18.3 Å². The fourth-order valence-electron chi connectivity index (χ4n) is 3.36. The van der Waals surface area contributed by atoms with Gasteiger partial charge in [0.1, 0.15) is 5.75 Å². The second-order valence-corrected chi connectivity index (χ2v) is 6.22. The van der Waals surface area contributed by atoms with Gasteiger partial charge < -0.3 is 9.64 Å². The molecule has 4 heteroatoms. The highest BCUT2D eigenvalue weighted by Crippen LogP contribution is 2.29. The molecule has 4 nitrogen and oxygen atoms in total. The molecule has 1 heterocycles. The molecule has 0 radical (unpaired) electrons. The van der Waals surface area contributed by atoms with Crippen molar-refractivity contribution in [1.82, 2.24) is 5.32 Å². The summed E-state index contributed by atoms with van der Waals surface area (Å²) in [6.45, 7) is 4.74. The van der Waals surface area contributed by atoms with E-state index < -0.39 is 0 Å². The van der Waals surface area contributed by atoms with Gasteiger partial charge in [-0.25, -0.2) is 0 Å². The zero-order valence-corrected chi connectivity index (χ0v) is 14.5. The predicted molar refractivity (Wildman–Crippen MR) is 96.5 cm³/mol. The van der Waals surface area contributed by atoms with E-state index in [0.29, 0.717) is 0 Å². The molecule has 0 unspecified atom stereocenters. The predicted octanol–water partition coefficient (Wildman–Crippen LogP) is 3.32. The number of methoxy groups -OCH3 is 1. The highest BCUT2D eigenvalue weighted by atomic mass is 16.5. The summed E-state index contributed by atoms with van der Waals surface area (Å²) >= 11 is 0. The van der Waals surface area contributed by atoms with Crippen LogP contribution in [0, 0.1) is 0 Å². The minimum atomic E-state index is -0.268. The highest BCUT2D eigenvalue weighted by molar-refractivity contribution is 5.98. The Balaban J connectivity index is 1.71. The smallest absolute Gasteiger partial charge is 0.243 e. The average molecular weight is 324 g/mol. The quantitative estimate of drug-likeness (QED) is 0.917. The fourth-order valence-corrected chi connectivity index (χ4v) is 3.36. The lowest BCUT2D eigenvalue weighted by Gasteiger charge is -2.26. The van der Waals surface area contributed by atoms with Crippen LogP contribution in [0.15, 0.2) is 48.5 Å². The van der Waals surface area contributed by atoms with Gasteiger partial charge in [-0.05, 0) is 38.0 Å². The summed E-state index contributed by atoms with van der Waals surface area (Å²) < 4.78 is 5.42. The van der Waals surface area contributed by atoms with E-state index in [9.17, 15) is 4.79 Å². The summed E-state index contributed by atoms with van der Waals surface area (Å²) in [5, 5.41) is 3.41. The Morgan fingerprint density at radius 1 is 1.12 bits per heavy atom. The van der Waals surface area contributed by atoms with Gasteiger partial charge in [0.2, 0.25) is 5.91 Å². The van der Waals surface area contributed by atoms with Gasteiger partial charge in [-0.3, -0.25) is 10.1 Å². The molecule has 2 aromatic rings. The van der Waals surface area contributed by atoms with Crippen LogP contribution in [0.4, 0.5) is 5.69 Å². The molecule has 126 valence electrons. The summed E-state index contributed by atoms with van der Waals surface area (Å²) in [6, 6.07) is 15.8. The number of rotatable bonds is 5. The molecule has 0 spiro atoms. The monoisotopic (exact) mass is 324 g/mol.